The fourth-order valence-corrected chi connectivity index (χ4v) is 5.08. The minimum Gasteiger partial charge on any atom is -0.336 e. The summed E-state index contributed by atoms with van der Waals surface area (Å²) in [7, 11) is 0. The quantitative estimate of drug-likeness (QED) is 0.596. The number of thioether (sulfide) groups is 1. The zero-order valence-corrected chi connectivity index (χ0v) is 14.6. The second-order valence-electron chi connectivity index (χ2n) is 5.68. The zero-order valence-electron chi connectivity index (χ0n) is 13.0. The summed E-state index contributed by atoms with van der Waals surface area (Å²) < 4.78 is 39.4. The molecule has 0 fully saturated rings. The van der Waals surface area contributed by atoms with Crippen molar-refractivity contribution in [2.75, 3.05) is 6.54 Å². The van der Waals surface area contributed by atoms with Crippen LogP contribution in [0.2, 0.25) is 0 Å². The number of alkyl halides is 3. The van der Waals surface area contributed by atoms with Crippen LogP contribution in [-0.4, -0.2) is 51.0 Å². The highest BCUT2D eigenvalue weighted by Gasteiger charge is 2.52. The molecule has 2 aliphatic heterocycles. The maximum absolute atomic E-state index is 13.1. The Morgan fingerprint density at radius 2 is 2.16 bits per heavy atom. The predicted molar refractivity (Wildman–Crippen MR) is 87.0 cm³/mol. The van der Waals surface area contributed by atoms with Crippen LogP contribution in [0.5, 0.6) is 0 Å². The summed E-state index contributed by atoms with van der Waals surface area (Å²) in [6, 6.07) is -0.394. The maximum Gasteiger partial charge on any atom is 0.412 e. The van der Waals surface area contributed by atoms with Gasteiger partial charge < -0.3 is 4.90 Å². The second kappa shape index (κ2) is 6.61. The van der Waals surface area contributed by atoms with E-state index in [1.807, 2.05) is 0 Å². The number of carbonyl (C=O) groups excluding carboxylic acids is 2. The molecular weight excluding hydrogens is 379 g/mol. The molecule has 2 aliphatic rings. The van der Waals surface area contributed by atoms with Gasteiger partial charge in [0, 0.05) is 11.4 Å². The normalized spacial score (nSPS) is 23.2. The van der Waals surface area contributed by atoms with Crippen LogP contribution in [0.25, 0.3) is 0 Å². The molecule has 136 valence electrons. The number of nitrogens with zero attached hydrogens (tertiary/aromatic N) is 2. The standard InChI is InChI=1S/C14H14F3N3O3S2/c1-6-18-11(14(15,16)17)10(24-6)13(22)20-3-2-7-4-8(12(21)19-23)25-9(7)5-20/h4,10-11,23H,2-3,5H2,1H3,(H,19,21). The van der Waals surface area contributed by atoms with Crippen molar-refractivity contribution in [1.29, 1.82) is 0 Å². The summed E-state index contributed by atoms with van der Waals surface area (Å²) >= 11 is 1.96. The van der Waals surface area contributed by atoms with Gasteiger partial charge in [-0.3, -0.25) is 19.8 Å². The number of carbonyl (C=O) groups is 2. The molecular formula is C14H14F3N3O3S2. The number of halogens is 3. The third kappa shape index (κ3) is 3.53. The van der Waals surface area contributed by atoms with Gasteiger partial charge in [-0.15, -0.1) is 11.3 Å². The van der Waals surface area contributed by atoms with Crippen LogP contribution in [0.4, 0.5) is 13.2 Å². The van der Waals surface area contributed by atoms with E-state index in [0.717, 1.165) is 33.5 Å². The van der Waals surface area contributed by atoms with Gasteiger partial charge in [-0.2, -0.15) is 13.2 Å². The molecule has 2 atom stereocenters. The minimum absolute atomic E-state index is 0.151. The average molecular weight is 393 g/mol. The number of nitrogens with one attached hydrogen (secondary N) is 1. The molecule has 0 saturated carbocycles. The van der Waals surface area contributed by atoms with Crippen LogP contribution in [0.1, 0.15) is 27.0 Å². The van der Waals surface area contributed by atoms with E-state index in [-0.39, 0.29) is 18.1 Å². The first-order chi connectivity index (χ1) is 11.7. The predicted octanol–water partition coefficient (Wildman–Crippen LogP) is 2.22. The van der Waals surface area contributed by atoms with Crippen LogP contribution in [-0.2, 0) is 17.8 Å². The summed E-state index contributed by atoms with van der Waals surface area (Å²) in [5.74, 6) is -1.25. The third-order valence-corrected chi connectivity index (χ3v) is 6.32. The fraction of sp³-hybridized carbons (Fsp3) is 0.500. The molecule has 3 heterocycles. The summed E-state index contributed by atoms with van der Waals surface area (Å²) in [4.78, 5) is 30.1. The molecule has 0 saturated heterocycles. The van der Waals surface area contributed by atoms with Crippen molar-refractivity contribution in [3.8, 4) is 0 Å². The molecule has 2 N–H and O–H groups in total. The molecule has 0 radical (unpaired) electrons. The van der Waals surface area contributed by atoms with Gasteiger partial charge in [0.2, 0.25) is 5.91 Å². The van der Waals surface area contributed by atoms with Crippen LogP contribution >= 0.6 is 23.1 Å². The van der Waals surface area contributed by atoms with Gasteiger partial charge in [-0.1, -0.05) is 11.8 Å². The largest absolute Gasteiger partial charge is 0.412 e. The lowest BCUT2D eigenvalue weighted by Gasteiger charge is -2.30. The number of hydrogen-bond donors (Lipinski definition) is 2. The van der Waals surface area contributed by atoms with Crippen LogP contribution < -0.4 is 5.48 Å². The Labute approximate surface area is 149 Å². The number of aliphatic imine (C=N–C) groups is 1. The van der Waals surface area contributed by atoms with E-state index < -0.39 is 29.3 Å². The van der Waals surface area contributed by atoms with Gasteiger partial charge >= 0.3 is 6.18 Å². The van der Waals surface area contributed by atoms with Gasteiger partial charge in [0.25, 0.3) is 5.91 Å². The molecule has 0 aromatic carbocycles. The molecule has 0 bridgehead atoms. The summed E-state index contributed by atoms with van der Waals surface area (Å²) in [5, 5.41) is 7.63. The summed E-state index contributed by atoms with van der Waals surface area (Å²) in [6.45, 7) is 1.89. The first-order valence-electron chi connectivity index (χ1n) is 7.33. The lowest BCUT2D eigenvalue weighted by molar-refractivity contribution is -0.155. The topological polar surface area (TPSA) is 82.0 Å². The molecule has 0 spiro atoms. The average Bonchev–Trinajstić information content (AvgIpc) is 3.15. The van der Waals surface area contributed by atoms with Gasteiger partial charge in [0.15, 0.2) is 6.04 Å². The van der Waals surface area contributed by atoms with E-state index in [4.69, 9.17) is 5.21 Å². The number of fused-ring (bicyclic) bond motifs is 1. The van der Waals surface area contributed by atoms with Crippen LogP contribution in [0.15, 0.2) is 11.1 Å². The third-order valence-electron chi connectivity index (χ3n) is 4.00. The van der Waals surface area contributed by atoms with Gasteiger partial charge in [-0.05, 0) is 25.0 Å². The van der Waals surface area contributed by atoms with Crippen molar-refractivity contribution in [3.63, 3.8) is 0 Å². The number of thiophene rings is 1. The number of hydroxylamine groups is 1. The summed E-state index contributed by atoms with van der Waals surface area (Å²) in [5.41, 5.74) is 2.41. The highest BCUT2D eigenvalue weighted by Crippen LogP contribution is 2.39. The molecule has 3 rings (SSSR count). The Kier molecular flexibility index (Phi) is 4.82. The molecule has 6 nitrogen and oxygen atoms in total. The van der Waals surface area contributed by atoms with Gasteiger partial charge in [0.1, 0.15) is 5.25 Å². The highest BCUT2D eigenvalue weighted by molar-refractivity contribution is 8.15. The van der Waals surface area contributed by atoms with Crippen molar-refractivity contribution in [2.24, 2.45) is 4.99 Å². The molecule has 1 aromatic rings. The fourth-order valence-electron chi connectivity index (χ4n) is 2.83. The molecule has 2 unspecified atom stereocenters. The smallest absolute Gasteiger partial charge is 0.336 e. The van der Waals surface area contributed by atoms with E-state index in [0.29, 0.717) is 11.3 Å². The van der Waals surface area contributed by atoms with Gasteiger partial charge in [0.05, 0.1) is 16.5 Å². The molecule has 2 amide bonds. The van der Waals surface area contributed by atoms with Crippen molar-refractivity contribution < 1.29 is 28.0 Å². The molecule has 1 aromatic heterocycles. The van der Waals surface area contributed by atoms with Crippen LogP contribution in [0, 0.1) is 0 Å². The molecule has 25 heavy (non-hydrogen) atoms. The second-order valence-corrected chi connectivity index (χ2v) is 8.15. The Bertz CT molecular complexity index is 747. The Morgan fingerprint density at radius 3 is 2.80 bits per heavy atom. The monoisotopic (exact) mass is 393 g/mol. The van der Waals surface area contributed by atoms with Crippen molar-refractivity contribution in [2.45, 2.75) is 37.4 Å². The summed E-state index contributed by atoms with van der Waals surface area (Å²) in [6.07, 6.45) is -4.12. The Morgan fingerprint density at radius 1 is 1.44 bits per heavy atom. The maximum atomic E-state index is 13.1. The minimum atomic E-state index is -4.57. The van der Waals surface area contributed by atoms with Crippen molar-refractivity contribution in [3.05, 3.63) is 21.4 Å². The highest BCUT2D eigenvalue weighted by atomic mass is 32.2. The van der Waals surface area contributed by atoms with E-state index in [1.54, 1.807) is 11.5 Å². The SMILES string of the molecule is CC1=NC(C(F)(F)F)C(C(=O)N2CCc3cc(C(=O)NO)sc3C2)S1. The number of amides is 2. The lowest BCUT2D eigenvalue weighted by atomic mass is 10.1. The van der Waals surface area contributed by atoms with E-state index >= 15 is 0 Å². The van der Waals surface area contributed by atoms with Crippen molar-refractivity contribution in [1.82, 2.24) is 10.4 Å². The van der Waals surface area contributed by atoms with Gasteiger partial charge in [-0.25, -0.2) is 5.48 Å². The van der Waals surface area contributed by atoms with E-state index in [2.05, 4.69) is 4.99 Å². The molecule has 0 aliphatic carbocycles. The number of hydrogen-bond acceptors (Lipinski definition) is 6. The van der Waals surface area contributed by atoms with E-state index in [1.165, 1.54) is 11.8 Å². The van der Waals surface area contributed by atoms with Crippen LogP contribution in [0.3, 0.4) is 0 Å². The Hall–Kier alpha value is -1.59. The van der Waals surface area contributed by atoms with E-state index in [9.17, 15) is 22.8 Å². The lowest BCUT2D eigenvalue weighted by Crippen LogP contribution is -2.47. The molecule has 11 heteroatoms. The first kappa shape index (κ1) is 18.2. The zero-order chi connectivity index (χ0) is 18.4. The first-order valence-corrected chi connectivity index (χ1v) is 9.03. The Balaban J connectivity index is 1.76. The van der Waals surface area contributed by atoms with Crippen molar-refractivity contribution >= 4 is 40.0 Å². The number of rotatable bonds is 2.